The molecule has 0 saturated carbocycles. The van der Waals surface area contributed by atoms with E-state index in [1.165, 1.54) is 0 Å². The van der Waals surface area contributed by atoms with Crippen LogP contribution in [0.2, 0.25) is 0 Å². The van der Waals surface area contributed by atoms with E-state index < -0.39 is 0 Å². The summed E-state index contributed by atoms with van der Waals surface area (Å²) >= 11 is 13.3. The van der Waals surface area contributed by atoms with Crippen LogP contribution < -0.4 is 0 Å². The number of halogens is 2. The number of aliphatic imine (C=N–C) groups is 1. The van der Waals surface area contributed by atoms with Crippen molar-refractivity contribution in [1.29, 1.82) is 0 Å². The summed E-state index contributed by atoms with van der Waals surface area (Å²) in [6.45, 7) is 0. The van der Waals surface area contributed by atoms with Crippen LogP contribution in [0.3, 0.4) is 0 Å². The van der Waals surface area contributed by atoms with Crippen LogP contribution in [0.25, 0.3) is 0 Å². The molecule has 0 spiro atoms. The van der Waals surface area contributed by atoms with Crippen LogP contribution in [0.15, 0.2) is 113 Å². The van der Waals surface area contributed by atoms with Gasteiger partial charge in [-0.15, -0.1) is 0 Å². The molecule has 0 saturated heterocycles. The maximum absolute atomic E-state index is 6.61. The van der Waals surface area contributed by atoms with Crippen LogP contribution in [-0.4, -0.2) is 6.21 Å². The van der Waals surface area contributed by atoms with Crippen LogP contribution >= 0.6 is 51.1 Å². The van der Waals surface area contributed by atoms with Gasteiger partial charge in [0.25, 0.3) is 0 Å². The highest BCUT2D eigenvalue weighted by molar-refractivity contribution is 9.10. The molecule has 3 aromatic rings. The fourth-order valence-electron chi connectivity index (χ4n) is 2.02. The smallest absolute Gasteiger partial charge is 0.0795 e. The van der Waals surface area contributed by atoms with E-state index in [2.05, 4.69) is 45.2 Å². The average molecular weight is 461 g/mol. The van der Waals surface area contributed by atoms with E-state index in [0.717, 1.165) is 24.2 Å². The molecular weight excluding hydrogens is 446 g/mol. The molecule has 0 aromatic heterocycles. The van der Waals surface area contributed by atoms with Crippen molar-refractivity contribution in [2.24, 2.45) is 4.99 Å². The standard InChI is InChI=1S/C21H15BrClNS2/c22-16-11-13-17(14-12-16)24-15-20(23)21(25-18-7-3-1-4-8-18)26-19-9-5-2-6-10-19/h1-15H. The van der Waals surface area contributed by atoms with Crippen molar-refractivity contribution in [3.05, 3.63) is 98.7 Å². The average Bonchev–Trinajstić information content (AvgIpc) is 2.68. The van der Waals surface area contributed by atoms with Crippen molar-refractivity contribution in [2.45, 2.75) is 9.79 Å². The van der Waals surface area contributed by atoms with Gasteiger partial charge < -0.3 is 0 Å². The largest absolute Gasteiger partial charge is 0.255 e. The van der Waals surface area contributed by atoms with Gasteiger partial charge in [-0.1, -0.05) is 87.5 Å². The second-order valence-corrected chi connectivity index (χ2v) is 8.95. The molecule has 5 heteroatoms. The molecule has 3 aromatic carbocycles. The van der Waals surface area contributed by atoms with Crippen molar-refractivity contribution >= 4 is 63.0 Å². The van der Waals surface area contributed by atoms with Crippen molar-refractivity contribution in [2.75, 3.05) is 0 Å². The molecule has 0 aliphatic rings. The summed E-state index contributed by atoms with van der Waals surface area (Å²) in [5.74, 6) is 0. The zero-order valence-corrected chi connectivity index (χ0v) is 17.7. The molecule has 1 nitrogen and oxygen atoms in total. The number of hydrogen-bond acceptors (Lipinski definition) is 3. The first-order valence-electron chi connectivity index (χ1n) is 7.86. The maximum Gasteiger partial charge on any atom is 0.0795 e. The third-order valence-corrected chi connectivity index (χ3v) is 6.62. The Morgan fingerprint density at radius 2 is 1.27 bits per heavy atom. The van der Waals surface area contributed by atoms with Crippen molar-refractivity contribution in [3.63, 3.8) is 0 Å². The summed E-state index contributed by atoms with van der Waals surface area (Å²) < 4.78 is 2.02. The lowest BCUT2D eigenvalue weighted by Gasteiger charge is -2.08. The van der Waals surface area contributed by atoms with Gasteiger partial charge in [-0.05, 0) is 48.5 Å². The van der Waals surface area contributed by atoms with Gasteiger partial charge in [-0.25, -0.2) is 0 Å². The van der Waals surface area contributed by atoms with E-state index in [-0.39, 0.29) is 0 Å². The van der Waals surface area contributed by atoms with E-state index >= 15 is 0 Å². The molecular formula is C21H15BrClNS2. The van der Waals surface area contributed by atoms with E-state index in [1.54, 1.807) is 29.7 Å². The lowest BCUT2D eigenvalue weighted by Crippen LogP contribution is -1.82. The fourth-order valence-corrected chi connectivity index (χ4v) is 4.62. The molecule has 0 fully saturated rings. The zero-order valence-electron chi connectivity index (χ0n) is 13.7. The van der Waals surface area contributed by atoms with Gasteiger partial charge in [0.05, 0.1) is 15.0 Å². The first-order valence-corrected chi connectivity index (χ1v) is 10.7. The Kier molecular flexibility index (Phi) is 7.44. The van der Waals surface area contributed by atoms with Gasteiger partial charge in [-0.3, -0.25) is 4.99 Å². The summed E-state index contributed by atoms with van der Waals surface area (Å²) in [5.41, 5.74) is 0.861. The molecule has 0 N–H and O–H groups in total. The Balaban J connectivity index is 1.86. The van der Waals surface area contributed by atoms with Crippen molar-refractivity contribution in [1.82, 2.24) is 0 Å². The summed E-state index contributed by atoms with van der Waals surface area (Å²) in [5, 5.41) is 0.621. The monoisotopic (exact) mass is 459 g/mol. The molecule has 0 atom stereocenters. The molecule has 130 valence electrons. The first kappa shape index (κ1) is 19.3. The minimum atomic E-state index is 0.621. The molecule has 0 heterocycles. The van der Waals surface area contributed by atoms with Gasteiger partial charge >= 0.3 is 0 Å². The summed E-state index contributed by atoms with van der Waals surface area (Å²) in [6, 6.07) is 28.2. The zero-order chi connectivity index (χ0) is 18.2. The molecule has 0 aliphatic carbocycles. The number of thioether (sulfide) groups is 2. The number of benzene rings is 3. The minimum Gasteiger partial charge on any atom is -0.255 e. The molecule has 0 aliphatic heterocycles. The molecule has 0 radical (unpaired) electrons. The number of allylic oxidation sites excluding steroid dienone is 1. The Morgan fingerprint density at radius 3 is 1.77 bits per heavy atom. The quantitative estimate of drug-likeness (QED) is 0.272. The summed E-state index contributed by atoms with van der Waals surface area (Å²) in [7, 11) is 0. The highest BCUT2D eigenvalue weighted by Gasteiger charge is 2.08. The molecule has 0 unspecified atom stereocenters. The van der Waals surface area contributed by atoms with Gasteiger partial charge in [0, 0.05) is 20.5 Å². The topological polar surface area (TPSA) is 12.4 Å². The lowest BCUT2D eigenvalue weighted by atomic mass is 10.3. The Morgan fingerprint density at radius 1 is 0.769 bits per heavy atom. The van der Waals surface area contributed by atoms with Crippen LogP contribution in [0, 0.1) is 0 Å². The van der Waals surface area contributed by atoms with E-state index in [9.17, 15) is 0 Å². The van der Waals surface area contributed by atoms with Crippen molar-refractivity contribution < 1.29 is 0 Å². The third-order valence-electron chi connectivity index (χ3n) is 3.26. The van der Waals surface area contributed by atoms with Gasteiger partial charge in [-0.2, -0.15) is 0 Å². The Bertz CT molecular complexity index is 851. The second kappa shape index (κ2) is 10.0. The minimum absolute atomic E-state index is 0.621. The first-order chi connectivity index (χ1) is 12.7. The Labute approximate surface area is 175 Å². The Hall–Kier alpha value is -1.46. The number of nitrogens with zero attached hydrogens (tertiary/aromatic N) is 1. The van der Waals surface area contributed by atoms with Gasteiger partial charge in [0.2, 0.25) is 0 Å². The third kappa shape index (κ3) is 6.06. The molecule has 3 rings (SSSR count). The molecule has 0 amide bonds. The maximum atomic E-state index is 6.61. The summed E-state index contributed by atoms with van der Waals surface area (Å²) in [6.07, 6.45) is 1.71. The fraction of sp³-hybridized carbons (Fsp3) is 0. The van der Waals surface area contributed by atoms with Crippen molar-refractivity contribution in [3.8, 4) is 0 Å². The predicted octanol–water partition coefficient (Wildman–Crippen LogP) is 8.14. The normalized spacial score (nSPS) is 10.8. The number of hydrogen-bond donors (Lipinski definition) is 0. The van der Waals surface area contributed by atoms with E-state index in [1.807, 2.05) is 60.7 Å². The van der Waals surface area contributed by atoms with Crippen LogP contribution in [0.5, 0.6) is 0 Å². The SMILES string of the molecule is ClC(C=Nc1ccc(Br)cc1)=C(Sc1ccccc1)Sc1ccccc1. The van der Waals surface area contributed by atoms with Crippen LogP contribution in [0.1, 0.15) is 0 Å². The molecule has 0 bridgehead atoms. The lowest BCUT2D eigenvalue weighted by molar-refractivity contribution is 1.46. The van der Waals surface area contributed by atoms with Gasteiger partial charge in [0.1, 0.15) is 0 Å². The van der Waals surface area contributed by atoms with Crippen LogP contribution in [-0.2, 0) is 0 Å². The molecule has 26 heavy (non-hydrogen) atoms. The highest BCUT2D eigenvalue weighted by atomic mass is 79.9. The van der Waals surface area contributed by atoms with E-state index in [4.69, 9.17) is 11.6 Å². The van der Waals surface area contributed by atoms with Crippen LogP contribution in [0.4, 0.5) is 5.69 Å². The summed E-state index contributed by atoms with van der Waals surface area (Å²) in [4.78, 5) is 6.77. The number of rotatable bonds is 6. The second-order valence-electron chi connectivity index (χ2n) is 5.20. The highest BCUT2D eigenvalue weighted by Crippen LogP contribution is 2.41. The predicted molar refractivity (Wildman–Crippen MR) is 120 cm³/mol. The van der Waals surface area contributed by atoms with Gasteiger partial charge in [0.15, 0.2) is 0 Å². The van der Waals surface area contributed by atoms with E-state index in [0.29, 0.717) is 5.03 Å².